The van der Waals surface area contributed by atoms with Gasteiger partial charge in [0.15, 0.2) is 0 Å². The Morgan fingerprint density at radius 2 is 1.86 bits per heavy atom. The Kier molecular flexibility index (Phi) is 5.88. The number of rotatable bonds is 3. The number of nitrogens with one attached hydrogen (secondary N) is 2. The van der Waals surface area contributed by atoms with E-state index in [1.807, 2.05) is 6.07 Å². The topological polar surface area (TPSA) is 44.4 Å². The molecule has 2 fully saturated rings. The van der Waals surface area contributed by atoms with Crippen LogP contribution in [0.15, 0.2) is 30.3 Å². The minimum Gasteiger partial charge on any atom is -0.369 e. The summed E-state index contributed by atoms with van der Waals surface area (Å²) < 4.78 is 0. The number of carbonyl (C=O) groups excluding carboxylic acids is 1. The summed E-state index contributed by atoms with van der Waals surface area (Å²) in [6, 6.07) is 10.7. The largest absolute Gasteiger partial charge is 0.369 e. The molecule has 21 heavy (non-hydrogen) atoms. The predicted octanol–water partition coefficient (Wildman–Crippen LogP) is 1.80. The van der Waals surface area contributed by atoms with E-state index in [1.165, 1.54) is 5.69 Å². The molecule has 0 aliphatic carbocycles. The summed E-state index contributed by atoms with van der Waals surface area (Å²) in [5, 5.41) is 6.54. The Balaban J connectivity index is 0.00000161. The molecule has 2 aliphatic heterocycles. The van der Waals surface area contributed by atoms with Gasteiger partial charge in [0.1, 0.15) is 0 Å². The molecule has 1 atom stereocenters. The van der Waals surface area contributed by atoms with Crippen LogP contribution < -0.4 is 15.5 Å². The van der Waals surface area contributed by atoms with Crippen molar-refractivity contribution in [1.29, 1.82) is 0 Å². The highest BCUT2D eigenvalue weighted by Crippen LogP contribution is 2.20. The van der Waals surface area contributed by atoms with E-state index in [0.717, 1.165) is 45.4 Å². The number of piperidine rings is 1. The average Bonchev–Trinajstić information content (AvgIpc) is 2.97. The number of hydrogen-bond donors (Lipinski definition) is 2. The van der Waals surface area contributed by atoms with Crippen LogP contribution in [-0.2, 0) is 4.79 Å². The number of amides is 1. The second-order valence-electron chi connectivity index (χ2n) is 5.80. The zero-order valence-electron chi connectivity index (χ0n) is 12.3. The van der Waals surface area contributed by atoms with Crippen molar-refractivity contribution in [2.24, 2.45) is 5.92 Å². The van der Waals surface area contributed by atoms with Crippen LogP contribution in [-0.4, -0.2) is 38.1 Å². The van der Waals surface area contributed by atoms with Gasteiger partial charge >= 0.3 is 0 Å². The Morgan fingerprint density at radius 3 is 2.57 bits per heavy atom. The molecule has 116 valence electrons. The van der Waals surface area contributed by atoms with Crippen LogP contribution in [0.5, 0.6) is 0 Å². The van der Waals surface area contributed by atoms with Gasteiger partial charge < -0.3 is 15.5 Å². The molecule has 1 aromatic rings. The monoisotopic (exact) mass is 309 g/mol. The molecule has 0 aromatic heterocycles. The highest BCUT2D eigenvalue weighted by Gasteiger charge is 2.27. The first kappa shape index (κ1) is 16.1. The van der Waals surface area contributed by atoms with Gasteiger partial charge in [-0.15, -0.1) is 12.4 Å². The Labute approximate surface area is 132 Å². The summed E-state index contributed by atoms with van der Waals surface area (Å²) in [7, 11) is 0. The number of anilines is 1. The fourth-order valence-electron chi connectivity index (χ4n) is 3.15. The minimum atomic E-state index is 0. The van der Waals surface area contributed by atoms with E-state index in [0.29, 0.717) is 6.04 Å². The van der Waals surface area contributed by atoms with Crippen molar-refractivity contribution in [2.45, 2.75) is 25.3 Å². The van der Waals surface area contributed by atoms with E-state index in [2.05, 4.69) is 39.8 Å². The summed E-state index contributed by atoms with van der Waals surface area (Å²) in [6.07, 6.45) is 2.99. The van der Waals surface area contributed by atoms with Crippen LogP contribution in [0.25, 0.3) is 0 Å². The maximum atomic E-state index is 12.2. The molecule has 1 aromatic carbocycles. The molecule has 1 unspecified atom stereocenters. The number of para-hydroxylation sites is 1. The third kappa shape index (κ3) is 4.11. The van der Waals surface area contributed by atoms with Gasteiger partial charge in [-0.3, -0.25) is 4.79 Å². The van der Waals surface area contributed by atoms with E-state index in [-0.39, 0.29) is 24.2 Å². The van der Waals surface area contributed by atoms with Crippen molar-refractivity contribution in [1.82, 2.24) is 10.6 Å². The van der Waals surface area contributed by atoms with Gasteiger partial charge in [-0.1, -0.05) is 18.2 Å². The zero-order valence-corrected chi connectivity index (χ0v) is 13.1. The van der Waals surface area contributed by atoms with Gasteiger partial charge in [-0.05, 0) is 44.5 Å². The van der Waals surface area contributed by atoms with Crippen LogP contribution in [0.3, 0.4) is 0 Å². The molecular weight excluding hydrogens is 286 g/mol. The molecule has 3 rings (SSSR count). The molecule has 2 N–H and O–H groups in total. The molecule has 1 amide bonds. The van der Waals surface area contributed by atoms with Gasteiger partial charge in [-0.2, -0.15) is 0 Å². The lowest BCUT2D eigenvalue weighted by molar-refractivity contribution is -0.126. The number of benzene rings is 1. The highest BCUT2D eigenvalue weighted by molar-refractivity contribution is 5.85. The third-order valence-corrected chi connectivity index (χ3v) is 4.37. The second kappa shape index (κ2) is 7.66. The number of halogens is 1. The Morgan fingerprint density at radius 1 is 1.14 bits per heavy atom. The molecule has 5 heteroatoms. The molecule has 0 saturated carbocycles. The van der Waals surface area contributed by atoms with Crippen LogP contribution >= 0.6 is 12.4 Å². The average molecular weight is 310 g/mol. The predicted molar refractivity (Wildman–Crippen MR) is 88.0 cm³/mol. The van der Waals surface area contributed by atoms with Gasteiger partial charge in [0.25, 0.3) is 0 Å². The van der Waals surface area contributed by atoms with Gasteiger partial charge in [0.2, 0.25) is 5.91 Å². The molecule has 2 aliphatic rings. The molecule has 2 saturated heterocycles. The van der Waals surface area contributed by atoms with Gasteiger partial charge in [0.05, 0.1) is 0 Å². The van der Waals surface area contributed by atoms with Crippen molar-refractivity contribution in [2.75, 3.05) is 31.1 Å². The third-order valence-electron chi connectivity index (χ3n) is 4.37. The fourth-order valence-corrected chi connectivity index (χ4v) is 3.15. The van der Waals surface area contributed by atoms with Crippen molar-refractivity contribution >= 4 is 24.0 Å². The number of nitrogens with zero attached hydrogens (tertiary/aromatic N) is 1. The molecule has 0 radical (unpaired) electrons. The highest BCUT2D eigenvalue weighted by atomic mass is 35.5. The van der Waals surface area contributed by atoms with E-state index in [4.69, 9.17) is 0 Å². The van der Waals surface area contributed by atoms with Crippen LogP contribution in [0.4, 0.5) is 5.69 Å². The molecule has 0 bridgehead atoms. The summed E-state index contributed by atoms with van der Waals surface area (Å²) in [5.74, 6) is 0.466. The summed E-state index contributed by atoms with van der Waals surface area (Å²) in [5.41, 5.74) is 1.26. The van der Waals surface area contributed by atoms with Gasteiger partial charge in [0, 0.05) is 30.7 Å². The molecule has 0 spiro atoms. The summed E-state index contributed by atoms with van der Waals surface area (Å²) in [6.45, 7) is 3.90. The van der Waals surface area contributed by atoms with E-state index < -0.39 is 0 Å². The van der Waals surface area contributed by atoms with Crippen molar-refractivity contribution < 1.29 is 4.79 Å². The van der Waals surface area contributed by atoms with Crippen molar-refractivity contribution in [3.63, 3.8) is 0 Å². The second-order valence-corrected chi connectivity index (χ2v) is 5.80. The minimum absolute atomic E-state index is 0. The maximum absolute atomic E-state index is 12.2. The van der Waals surface area contributed by atoms with E-state index >= 15 is 0 Å². The Bertz CT molecular complexity index is 448. The zero-order chi connectivity index (χ0) is 13.8. The van der Waals surface area contributed by atoms with Gasteiger partial charge in [-0.25, -0.2) is 0 Å². The smallest absolute Gasteiger partial charge is 0.223 e. The maximum Gasteiger partial charge on any atom is 0.223 e. The molecule has 2 heterocycles. The number of carbonyl (C=O) groups is 1. The van der Waals surface area contributed by atoms with E-state index in [1.54, 1.807) is 0 Å². The van der Waals surface area contributed by atoms with Crippen LogP contribution in [0.1, 0.15) is 19.3 Å². The first-order valence-electron chi connectivity index (χ1n) is 7.64. The lowest BCUT2D eigenvalue weighted by Crippen LogP contribution is -2.43. The quantitative estimate of drug-likeness (QED) is 0.895. The first-order chi connectivity index (χ1) is 9.83. The first-order valence-corrected chi connectivity index (χ1v) is 7.64. The normalized spacial score (nSPS) is 22.7. The van der Waals surface area contributed by atoms with Crippen molar-refractivity contribution in [3.05, 3.63) is 30.3 Å². The summed E-state index contributed by atoms with van der Waals surface area (Å²) in [4.78, 5) is 14.6. The summed E-state index contributed by atoms with van der Waals surface area (Å²) >= 11 is 0. The molecular formula is C16H24ClN3O. The van der Waals surface area contributed by atoms with Crippen LogP contribution in [0, 0.1) is 5.92 Å². The lowest BCUT2D eigenvalue weighted by Gasteiger charge is -2.24. The Hall–Kier alpha value is -1.26. The molecule has 4 nitrogen and oxygen atoms in total. The van der Waals surface area contributed by atoms with Crippen molar-refractivity contribution in [3.8, 4) is 0 Å². The van der Waals surface area contributed by atoms with E-state index in [9.17, 15) is 4.79 Å². The number of hydrogen-bond acceptors (Lipinski definition) is 3. The van der Waals surface area contributed by atoms with Crippen LogP contribution in [0.2, 0.25) is 0 Å². The lowest BCUT2D eigenvalue weighted by atomic mass is 9.97. The standard InChI is InChI=1S/C16H23N3O.ClH/c20-16(13-6-9-17-10-7-13)18-14-8-11-19(12-14)15-4-2-1-3-5-15;/h1-5,13-14,17H,6-12H2,(H,18,20);1H. The SMILES string of the molecule is Cl.O=C(NC1CCN(c2ccccc2)C1)C1CCNCC1. The fraction of sp³-hybridized carbons (Fsp3) is 0.562.